The molecule has 0 spiro atoms. The lowest BCUT2D eigenvalue weighted by atomic mass is 10.2. The number of carbonyl (C=O) groups is 1. The monoisotopic (exact) mass is 319 g/mol. The van der Waals surface area contributed by atoms with E-state index in [0.717, 1.165) is 10.2 Å². The fourth-order valence-electron chi connectivity index (χ4n) is 1.82. The Balaban J connectivity index is 2.34. The Kier molecular flexibility index (Phi) is 4.16. The van der Waals surface area contributed by atoms with Crippen LogP contribution < -0.4 is 10.6 Å². The SMILES string of the molecule is CCN(C(=O)c1cncc(Br)c1)c1cccc(N)c1. The fraction of sp³-hybridized carbons (Fsp3) is 0.143. The van der Waals surface area contributed by atoms with Crippen molar-refractivity contribution in [1.29, 1.82) is 0 Å². The zero-order chi connectivity index (χ0) is 13.8. The summed E-state index contributed by atoms with van der Waals surface area (Å²) < 4.78 is 0.780. The third-order valence-electron chi connectivity index (χ3n) is 2.70. The van der Waals surface area contributed by atoms with Gasteiger partial charge in [-0.3, -0.25) is 9.78 Å². The van der Waals surface area contributed by atoms with Gasteiger partial charge in [0.2, 0.25) is 0 Å². The third kappa shape index (κ3) is 3.12. The van der Waals surface area contributed by atoms with Crippen molar-refractivity contribution in [2.45, 2.75) is 6.92 Å². The Morgan fingerprint density at radius 1 is 1.37 bits per heavy atom. The molecule has 0 aliphatic rings. The van der Waals surface area contributed by atoms with Gasteiger partial charge in [0.25, 0.3) is 5.91 Å². The minimum absolute atomic E-state index is 0.0955. The van der Waals surface area contributed by atoms with Gasteiger partial charge in [-0.05, 0) is 47.1 Å². The minimum atomic E-state index is -0.0955. The third-order valence-corrected chi connectivity index (χ3v) is 3.13. The average Bonchev–Trinajstić information content (AvgIpc) is 2.39. The second kappa shape index (κ2) is 5.84. The van der Waals surface area contributed by atoms with E-state index in [0.29, 0.717) is 17.8 Å². The normalized spacial score (nSPS) is 10.2. The van der Waals surface area contributed by atoms with Crippen molar-refractivity contribution in [3.63, 3.8) is 0 Å². The zero-order valence-corrected chi connectivity index (χ0v) is 12.1. The fourth-order valence-corrected chi connectivity index (χ4v) is 2.19. The molecule has 1 aromatic heterocycles. The lowest BCUT2D eigenvalue weighted by Gasteiger charge is -2.21. The van der Waals surface area contributed by atoms with Crippen LogP contribution in [0.25, 0.3) is 0 Å². The van der Waals surface area contributed by atoms with Crippen molar-refractivity contribution in [2.24, 2.45) is 0 Å². The van der Waals surface area contributed by atoms with E-state index in [-0.39, 0.29) is 5.91 Å². The van der Waals surface area contributed by atoms with Crippen LogP contribution >= 0.6 is 15.9 Å². The molecule has 1 heterocycles. The lowest BCUT2D eigenvalue weighted by Crippen LogP contribution is -2.30. The van der Waals surface area contributed by atoms with Crippen LogP contribution in [0.15, 0.2) is 47.2 Å². The van der Waals surface area contributed by atoms with Crippen LogP contribution in [0.1, 0.15) is 17.3 Å². The van der Waals surface area contributed by atoms with Crippen molar-refractivity contribution in [1.82, 2.24) is 4.98 Å². The number of aromatic nitrogens is 1. The smallest absolute Gasteiger partial charge is 0.259 e. The highest BCUT2D eigenvalue weighted by molar-refractivity contribution is 9.10. The van der Waals surface area contributed by atoms with Crippen molar-refractivity contribution in [2.75, 3.05) is 17.2 Å². The van der Waals surface area contributed by atoms with Gasteiger partial charge in [-0.15, -0.1) is 0 Å². The van der Waals surface area contributed by atoms with E-state index in [9.17, 15) is 4.79 Å². The van der Waals surface area contributed by atoms with E-state index < -0.39 is 0 Å². The summed E-state index contributed by atoms with van der Waals surface area (Å²) in [5.41, 5.74) is 7.72. The van der Waals surface area contributed by atoms with Crippen LogP contribution in [0, 0.1) is 0 Å². The maximum atomic E-state index is 12.5. The maximum absolute atomic E-state index is 12.5. The number of nitrogens with two attached hydrogens (primary N) is 1. The van der Waals surface area contributed by atoms with Gasteiger partial charge >= 0.3 is 0 Å². The van der Waals surface area contributed by atoms with E-state index in [1.807, 2.05) is 19.1 Å². The number of rotatable bonds is 3. The van der Waals surface area contributed by atoms with E-state index in [4.69, 9.17) is 5.73 Å². The molecule has 2 aromatic rings. The number of pyridine rings is 1. The molecule has 0 radical (unpaired) electrons. The number of amides is 1. The Bertz CT molecular complexity index is 601. The highest BCUT2D eigenvalue weighted by Gasteiger charge is 2.16. The van der Waals surface area contributed by atoms with E-state index in [1.165, 1.54) is 0 Å². The molecule has 0 aliphatic carbocycles. The average molecular weight is 320 g/mol. The second-order valence-electron chi connectivity index (χ2n) is 4.04. The number of hydrogen-bond acceptors (Lipinski definition) is 3. The van der Waals surface area contributed by atoms with E-state index in [2.05, 4.69) is 20.9 Å². The van der Waals surface area contributed by atoms with Crippen molar-refractivity contribution >= 4 is 33.2 Å². The molecule has 1 amide bonds. The standard InChI is InChI=1S/C14H14BrN3O/c1-2-18(13-5-3-4-12(16)7-13)14(19)10-6-11(15)9-17-8-10/h3-9H,2,16H2,1H3. The van der Waals surface area contributed by atoms with Crippen LogP contribution in [0.5, 0.6) is 0 Å². The first-order valence-corrected chi connectivity index (χ1v) is 6.69. The van der Waals surface area contributed by atoms with Crippen LogP contribution in [-0.4, -0.2) is 17.4 Å². The molecule has 0 saturated carbocycles. The number of hydrogen-bond donors (Lipinski definition) is 1. The maximum Gasteiger partial charge on any atom is 0.259 e. The first kappa shape index (κ1) is 13.5. The summed E-state index contributed by atoms with van der Waals surface area (Å²) in [6.07, 6.45) is 3.20. The molecule has 5 heteroatoms. The molecule has 4 nitrogen and oxygen atoms in total. The molecular formula is C14H14BrN3O. The summed E-state index contributed by atoms with van der Waals surface area (Å²) >= 11 is 3.32. The Hall–Kier alpha value is -1.88. The van der Waals surface area contributed by atoms with E-state index >= 15 is 0 Å². The van der Waals surface area contributed by atoms with Gasteiger partial charge in [0.1, 0.15) is 0 Å². The van der Waals surface area contributed by atoms with Crippen LogP contribution in [0.4, 0.5) is 11.4 Å². The number of nitrogens with zero attached hydrogens (tertiary/aromatic N) is 2. The second-order valence-corrected chi connectivity index (χ2v) is 4.95. The Labute approximate surface area is 120 Å². The number of anilines is 2. The quantitative estimate of drug-likeness (QED) is 0.884. The Morgan fingerprint density at radius 2 is 2.16 bits per heavy atom. The summed E-state index contributed by atoms with van der Waals surface area (Å²) in [6, 6.07) is 9.03. The molecule has 19 heavy (non-hydrogen) atoms. The zero-order valence-electron chi connectivity index (χ0n) is 10.5. The highest BCUT2D eigenvalue weighted by Crippen LogP contribution is 2.20. The van der Waals surface area contributed by atoms with Gasteiger partial charge in [-0.25, -0.2) is 0 Å². The van der Waals surface area contributed by atoms with Crippen LogP contribution in [0.2, 0.25) is 0 Å². The van der Waals surface area contributed by atoms with Crippen LogP contribution in [0.3, 0.4) is 0 Å². The predicted octanol–water partition coefficient (Wildman–Crippen LogP) is 3.09. The highest BCUT2D eigenvalue weighted by atomic mass is 79.9. The summed E-state index contributed by atoms with van der Waals surface area (Å²) in [6.45, 7) is 2.49. The summed E-state index contributed by atoms with van der Waals surface area (Å²) in [7, 11) is 0. The predicted molar refractivity (Wildman–Crippen MR) is 80.1 cm³/mol. The number of halogens is 1. The van der Waals surface area contributed by atoms with Gasteiger partial charge in [0.05, 0.1) is 5.56 Å². The molecule has 1 aromatic carbocycles. The first-order chi connectivity index (χ1) is 9.11. The summed E-state index contributed by atoms with van der Waals surface area (Å²) in [5.74, 6) is -0.0955. The summed E-state index contributed by atoms with van der Waals surface area (Å²) in [4.78, 5) is 18.1. The van der Waals surface area contributed by atoms with Gasteiger partial charge in [0.15, 0.2) is 0 Å². The molecule has 0 bridgehead atoms. The molecule has 2 N–H and O–H groups in total. The molecule has 0 atom stereocenters. The summed E-state index contributed by atoms with van der Waals surface area (Å²) in [5, 5.41) is 0. The van der Waals surface area contributed by atoms with Crippen LogP contribution in [-0.2, 0) is 0 Å². The largest absolute Gasteiger partial charge is 0.399 e. The van der Waals surface area contributed by atoms with Gasteiger partial charge in [0, 0.05) is 34.8 Å². The van der Waals surface area contributed by atoms with Gasteiger partial charge < -0.3 is 10.6 Å². The molecule has 0 unspecified atom stereocenters. The van der Waals surface area contributed by atoms with Crippen molar-refractivity contribution in [3.05, 3.63) is 52.8 Å². The lowest BCUT2D eigenvalue weighted by molar-refractivity contribution is 0.0988. The van der Waals surface area contributed by atoms with Crippen molar-refractivity contribution < 1.29 is 4.79 Å². The molecule has 0 fully saturated rings. The number of carbonyl (C=O) groups excluding carboxylic acids is 1. The molecular weight excluding hydrogens is 306 g/mol. The first-order valence-electron chi connectivity index (χ1n) is 5.89. The molecule has 98 valence electrons. The molecule has 2 rings (SSSR count). The van der Waals surface area contributed by atoms with Gasteiger partial charge in [-0.2, -0.15) is 0 Å². The number of nitrogen functional groups attached to an aromatic ring is 1. The topological polar surface area (TPSA) is 59.2 Å². The van der Waals surface area contributed by atoms with E-state index in [1.54, 1.807) is 35.5 Å². The van der Waals surface area contributed by atoms with Gasteiger partial charge in [-0.1, -0.05) is 6.07 Å². The molecule has 0 aliphatic heterocycles. The Morgan fingerprint density at radius 3 is 2.79 bits per heavy atom. The number of benzene rings is 1. The minimum Gasteiger partial charge on any atom is -0.399 e. The molecule has 0 saturated heterocycles. The van der Waals surface area contributed by atoms with Crippen molar-refractivity contribution in [3.8, 4) is 0 Å².